The zero-order chi connectivity index (χ0) is 17.8. The summed E-state index contributed by atoms with van der Waals surface area (Å²) in [4.78, 5) is 27.0. The van der Waals surface area contributed by atoms with Gasteiger partial charge in [0.25, 0.3) is 0 Å². The predicted molar refractivity (Wildman–Crippen MR) is 101 cm³/mol. The van der Waals surface area contributed by atoms with Gasteiger partial charge in [0.1, 0.15) is 11.6 Å². The van der Waals surface area contributed by atoms with E-state index in [9.17, 15) is 4.79 Å². The van der Waals surface area contributed by atoms with Crippen molar-refractivity contribution in [3.05, 3.63) is 6.07 Å². The van der Waals surface area contributed by atoms with Crippen molar-refractivity contribution in [2.45, 2.75) is 38.5 Å². The number of nitrogen functional groups attached to an aromatic ring is 1. The molecule has 3 rings (SSSR count). The fourth-order valence-corrected chi connectivity index (χ4v) is 3.77. The maximum atomic E-state index is 11.8. The molecule has 0 spiro atoms. The van der Waals surface area contributed by atoms with Crippen LogP contribution in [0.3, 0.4) is 0 Å². The Hall–Kier alpha value is -2.05. The molecule has 1 aromatic rings. The van der Waals surface area contributed by atoms with Crippen LogP contribution in [0.4, 0.5) is 17.6 Å². The van der Waals surface area contributed by atoms with Crippen LogP contribution in [0.2, 0.25) is 0 Å². The molecular weight excluding hydrogens is 316 g/mol. The molecule has 0 bridgehead atoms. The van der Waals surface area contributed by atoms with Crippen molar-refractivity contribution in [3.63, 3.8) is 0 Å². The molecule has 1 aromatic heterocycles. The van der Waals surface area contributed by atoms with Crippen LogP contribution in [0.25, 0.3) is 0 Å². The Balaban J connectivity index is 1.65. The third kappa shape index (κ3) is 4.52. The molecule has 0 unspecified atom stereocenters. The molecule has 25 heavy (non-hydrogen) atoms. The molecule has 138 valence electrons. The number of rotatable bonds is 5. The third-order valence-corrected chi connectivity index (χ3v) is 5.25. The number of nitrogens with zero attached hydrogens (tertiary/aromatic N) is 5. The van der Waals surface area contributed by atoms with Crippen LogP contribution in [0.5, 0.6) is 0 Å². The normalized spacial score (nSPS) is 20.8. The van der Waals surface area contributed by atoms with Gasteiger partial charge in [0.2, 0.25) is 11.9 Å². The summed E-state index contributed by atoms with van der Waals surface area (Å²) in [6.45, 7) is 4.03. The summed E-state index contributed by atoms with van der Waals surface area (Å²) in [5, 5.41) is 0. The van der Waals surface area contributed by atoms with Gasteiger partial charge in [-0.25, -0.2) is 0 Å². The predicted octanol–water partition coefficient (Wildman–Crippen LogP) is 1.74. The second-order valence-electron chi connectivity index (χ2n) is 7.42. The fraction of sp³-hybridized carbons (Fsp3) is 0.722. The molecule has 2 N–H and O–H groups in total. The smallest absolute Gasteiger partial charge is 0.223 e. The van der Waals surface area contributed by atoms with Gasteiger partial charge in [-0.1, -0.05) is 0 Å². The molecule has 2 fully saturated rings. The number of nitrogens with two attached hydrogens (primary N) is 1. The van der Waals surface area contributed by atoms with Gasteiger partial charge < -0.3 is 20.4 Å². The Kier molecular flexibility index (Phi) is 5.60. The lowest BCUT2D eigenvalue weighted by molar-refractivity contribution is -0.129. The van der Waals surface area contributed by atoms with Crippen molar-refractivity contribution in [1.82, 2.24) is 14.9 Å². The average Bonchev–Trinajstić information content (AvgIpc) is 3.14. The highest BCUT2D eigenvalue weighted by Gasteiger charge is 2.24. The van der Waals surface area contributed by atoms with Crippen LogP contribution in [0.1, 0.15) is 38.5 Å². The van der Waals surface area contributed by atoms with Crippen LogP contribution in [0.15, 0.2) is 6.07 Å². The van der Waals surface area contributed by atoms with Crippen molar-refractivity contribution >= 4 is 23.5 Å². The zero-order valence-corrected chi connectivity index (χ0v) is 15.4. The Bertz CT molecular complexity index is 599. The molecule has 2 saturated heterocycles. The van der Waals surface area contributed by atoms with E-state index < -0.39 is 0 Å². The highest BCUT2D eigenvalue weighted by molar-refractivity contribution is 5.75. The second kappa shape index (κ2) is 7.89. The highest BCUT2D eigenvalue weighted by Crippen LogP contribution is 2.28. The minimum absolute atomic E-state index is 0.208. The van der Waals surface area contributed by atoms with Gasteiger partial charge in [-0.15, -0.1) is 0 Å². The van der Waals surface area contributed by atoms with E-state index in [1.54, 1.807) is 4.90 Å². The van der Waals surface area contributed by atoms with Gasteiger partial charge in [0.15, 0.2) is 0 Å². The van der Waals surface area contributed by atoms with Gasteiger partial charge in [-0.2, -0.15) is 9.97 Å². The maximum Gasteiger partial charge on any atom is 0.223 e. The molecule has 0 aromatic carbocycles. The summed E-state index contributed by atoms with van der Waals surface area (Å²) in [5.41, 5.74) is 5.97. The molecule has 2 aliphatic heterocycles. The molecule has 1 amide bonds. The molecule has 0 aliphatic carbocycles. The number of hydrogen-bond acceptors (Lipinski definition) is 6. The van der Waals surface area contributed by atoms with Crippen molar-refractivity contribution in [2.24, 2.45) is 5.92 Å². The Morgan fingerprint density at radius 2 is 1.80 bits per heavy atom. The van der Waals surface area contributed by atoms with Crippen LogP contribution in [-0.2, 0) is 4.79 Å². The Labute approximate surface area is 150 Å². The largest absolute Gasteiger partial charge is 0.368 e. The van der Waals surface area contributed by atoms with E-state index in [-0.39, 0.29) is 5.91 Å². The molecular formula is C18H30N6O. The summed E-state index contributed by atoms with van der Waals surface area (Å²) >= 11 is 0. The monoisotopic (exact) mass is 346 g/mol. The first kappa shape index (κ1) is 17.8. The molecule has 2 aliphatic rings. The molecule has 7 heteroatoms. The number of aromatic nitrogens is 2. The van der Waals surface area contributed by atoms with E-state index in [0.717, 1.165) is 50.7 Å². The number of piperidine rings is 1. The fourth-order valence-electron chi connectivity index (χ4n) is 3.77. The van der Waals surface area contributed by atoms with Crippen molar-refractivity contribution in [1.29, 1.82) is 0 Å². The lowest BCUT2D eigenvalue weighted by Gasteiger charge is -2.34. The van der Waals surface area contributed by atoms with E-state index in [2.05, 4.69) is 25.8 Å². The van der Waals surface area contributed by atoms with Crippen LogP contribution >= 0.6 is 0 Å². The van der Waals surface area contributed by atoms with Gasteiger partial charge in [0.05, 0.1) is 0 Å². The lowest BCUT2D eigenvalue weighted by Crippen LogP contribution is -2.37. The van der Waals surface area contributed by atoms with E-state index >= 15 is 0 Å². The average molecular weight is 346 g/mol. The van der Waals surface area contributed by atoms with Crippen molar-refractivity contribution < 1.29 is 4.79 Å². The lowest BCUT2D eigenvalue weighted by atomic mass is 9.93. The van der Waals surface area contributed by atoms with E-state index in [4.69, 9.17) is 5.73 Å². The summed E-state index contributed by atoms with van der Waals surface area (Å²) in [6, 6.07) is 2.08. The first-order valence-electron chi connectivity index (χ1n) is 9.37. The maximum absolute atomic E-state index is 11.8. The molecule has 7 nitrogen and oxygen atoms in total. The minimum atomic E-state index is 0.208. The quantitative estimate of drug-likeness (QED) is 0.875. The third-order valence-electron chi connectivity index (χ3n) is 5.25. The molecule has 3 heterocycles. The van der Waals surface area contributed by atoms with Crippen molar-refractivity contribution in [3.8, 4) is 0 Å². The summed E-state index contributed by atoms with van der Waals surface area (Å²) < 4.78 is 0. The van der Waals surface area contributed by atoms with Crippen LogP contribution in [-0.4, -0.2) is 61.0 Å². The first-order chi connectivity index (χ1) is 12.0. The number of carbonyl (C=O) groups is 1. The molecule has 1 atom stereocenters. The van der Waals surface area contributed by atoms with Gasteiger partial charge in [0, 0.05) is 52.8 Å². The van der Waals surface area contributed by atoms with E-state index in [0.29, 0.717) is 18.3 Å². The van der Waals surface area contributed by atoms with Gasteiger partial charge >= 0.3 is 0 Å². The number of amides is 1. The summed E-state index contributed by atoms with van der Waals surface area (Å²) in [5.74, 6) is 2.97. The van der Waals surface area contributed by atoms with E-state index in [1.807, 2.05) is 14.1 Å². The minimum Gasteiger partial charge on any atom is -0.368 e. The standard InChI is InChI=1S/C18H30N6O/c1-22(2)17(25)8-7-14-6-5-11-24(13-14)16-12-15(20-18(19)21-16)23-9-3-4-10-23/h12,14H,3-11,13H2,1-2H3,(H2,19,20,21)/t14-/m0/s1. The number of anilines is 3. The highest BCUT2D eigenvalue weighted by atomic mass is 16.2. The van der Waals surface area contributed by atoms with Crippen LogP contribution in [0, 0.1) is 5.92 Å². The first-order valence-corrected chi connectivity index (χ1v) is 9.37. The van der Waals surface area contributed by atoms with Gasteiger partial charge in [-0.05, 0) is 38.0 Å². The number of hydrogen-bond donors (Lipinski definition) is 1. The molecule has 0 saturated carbocycles. The Morgan fingerprint density at radius 3 is 2.48 bits per heavy atom. The van der Waals surface area contributed by atoms with Crippen LogP contribution < -0.4 is 15.5 Å². The zero-order valence-electron chi connectivity index (χ0n) is 15.4. The topological polar surface area (TPSA) is 78.6 Å². The van der Waals surface area contributed by atoms with Gasteiger partial charge in [-0.3, -0.25) is 4.79 Å². The second-order valence-corrected chi connectivity index (χ2v) is 7.42. The molecule has 0 radical (unpaired) electrons. The van der Waals surface area contributed by atoms with Crippen molar-refractivity contribution in [2.75, 3.05) is 55.8 Å². The number of carbonyl (C=O) groups excluding carboxylic acids is 1. The summed E-state index contributed by atoms with van der Waals surface area (Å²) in [7, 11) is 3.64. The Morgan fingerprint density at radius 1 is 1.16 bits per heavy atom. The van der Waals surface area contributed by atoms with E-state index in [1.165, 1.54) is 19.3 Å². The SMILES string of the molecule is CN(C)C(=O)CC[C@@H]1CCCN(c2cc(N3CCCC3)nc(N)n2)C1. The summed E-state index contributed by atoms with van der Waals surface area (Å²) in [6.07, 6.45) is 6.29.